The monoisotopic (exact) mass is 296 g/mol. The Labute approximate surface area is 108 Å². The second kappa shape index (κ2) is 4.89. The third-order valence-electron chi connectivity index (χ3n) is 2.67. The summed E-state index contributed by atoms with van der Waals surface area (Å²) >= 11 is 3.28. The quantitative estimate of drug-likeness (QED) is 0.577. The van der Waals surface area contributed by atoms with Crippen LogP contribution in [0.25, 0.3) is 0 Å². The van der Waals surface area contributed by atoms with E-state index in [9.17, 15) is 9.90 Å². The van der Waals surface area contributed by atoms with E-state index in [1.165, 1.54) is 6.07 Å². The number of amides is 1. The van der Waals surface area contributed by atoms with Crippen molar-refractivity contribution < 1.29 is 9.90 Å². The van der Waals surface area contributed by atoms with Gasteiger partial charge < -0.3 is 16.2 Å². The maximum atomic E-state index is 11.9. The standard InChI is InChI=1S/C12H13BrN2O2/c13-8-2-4-11(16)10(6-8)15-12(17)7-1-3-9(14)5-7/h1-4,6-7,9,16H,5,14H2,(H,15,17). The molecule has 4 N–H and O–H groups in total. The summed E-state index contributed by atoms with van der Waals surface area (Å²) in [5.74, 6) is -0.321. The van der Waals surface area contributed by atoms with Gasteiger partial charge in [0, 0.05) is 10.5 Å². The van der Waals surface area contributed by atoms with E-state index in [1.54, 1.807) is 18.2 Å². The molecule has 2 unspecified atom stereocenters. The number of hydrogen-bond acceptors (Lipinski definition) is 3. The van der Waals surface area contributed by atoms with Crippen molar-refractivity contribution in [3.63, 3.8) is 0 Å². The number of hydrogen-bond donors (Lipinski definition) is 3. The van der Waals surface area contributed by atoms with Crippen LogP contribution in [0.15, 0.2) is 34.8 Å². The number of rotatable bonds is 2. The lowest BCUT2D eigenvalue weighted by Crippen LogP contribution is -2.24. The van der Waals surface area contributed by atoms with Crippen LogP contribution in [0.1, 0.15) is 6.42 Å². The maximum Gasteiger partial charge on any atom is 0.231 e. The molecule has 0 fully saturated rings. The van der Waals surface area contributed by atoms with Crippen LogP contribution in [-0.4, -0.2) is 17.1 Å². The molecule has 0 bridgehead atoms. The van der Waals surface area contributed by atoms with Crippen LogP contribution in [-0.2, 0) is 4.79 Å². The Morgan fingerprint density at radius 1 is 1.47 bits per heavy atom. The Morgan fingerprint density at radius 3 is 2.88 bits per heavy atom. The molecule has 2 rings (SSSR count). The highest BCUT2D eigenvalue weighted by atomic mass is 79.9. The lowest BCUT2D eigenvalue weighted by molar-refractivity contribution is -0.118. The molecule has 0 heterocycles. The highest BCUT2D eigenvalue weighted by Gasteiger charge is 2.23. The predicted molar refractivity (Wildman–Crippen MR) is 69.7 cm³/mol. The summed E-state index contributed by atoms with van der Waals surface area (Å²) in [6, 6.07) is 4.83. The molecule has 90 valence electrons. The molecule has 0 radical (unpaired) electrons. The molecular weight excluding hydrogens is 284 g/mol. The SMILES string of the molecule is NC1C=CC(C(=O)Nc2cc(Br)ccc2O)C1. The summed E-state index contributed by atoms with van der Waals surface area (Å²) in [7, 11) is 0. The zero-order valence-electron chi connectivity index (χ0n) is 9.06. The first-order chi connectivity index (χ1) is 8.06. The Hall–Kier alpha value is -1.33. The molecule has 1 aliphatic rings. The van der Waals surface area contributed by atoms with Crippen molar-refractivity contribution in [3.05, 3.63) is 34.8 Å². The second-order valence-corrected chi connectivity index (χ2v) is 4.96. The Morgan fingerprint density at radius 2 is 2.24 bits per heavy atom. The molecule has 0 aliphatic heterocycles. The molecule has 1 amide bonds. The van der Waals surface area contributed by atoms with E-state index >= 15 is 0 Å². The van der Waals surface area contributed by atoms with E-state index in [0.29, 0.717) is 12.1 Å². The number of carbonyl (C=O) groups excluding carboxylic acids is 1. The van der Waals surface area contributed by atoms with Gasteiger partial charge in [-0.2, -0.15) is 0 Å². The van der Waals surface area contributed by atoms with Crippen molar-refractivity contribution >= 4 is 27.5 Å². The fourth-order valence-electron chi connectivity index (χ4n) is 1.76. The Kier molecular flexibility index (Phi) is 3.49. The normalized spacial score (nSPS) is 22.7. The number of benzene rings is 1. The van der Waals surface area contributed by atoms with Crippen LogP contribution in [0.3, 0.4) is 0 Å². The topological polar surface area (TPSA) is 75.4 Å². The molecule has 4 nitrogen and oxygen atoms in total. The van der Waals surface area contributed by atoms with Crippen LogP contribution < -0.4 is 11.1 Å². The van der Waals surface area contributed by atoms with Crippen molar-refractivity contribution in [2.45, 2.75) is 12.5 Å². The van der Waals surface area contributed by atoms with E-state index < -0.39 is 0 Å². The van der Waals surface area contributed by atoms with Crippen LogP contribution >= 0.6 is 15.9 Å². The number of nitrogens with one attached hydrogen (secondary N) is 1. The zero-order valence-corrected chi connectivity index (χ0v) is 10.6. The summed E-state index contributed by atoms with van der Waals surface area (Å²) in [5.41, 5.74) is 6.09. The zero-order chi connectivity index (χ0) is 12.4. The lowest BCUT2D eigenvalue weighted by atomic mass is 10.1. The van der Waals surface area contributed by atoms with Gasteiger partial charge >= 0.3 is 0 Å². The number of carbonyl (C=O) groups is 1. The first-order valence-electron chi connectivity index (χ1n) is 5.29. The van der Waals surface area contributed by atoms with Gasteiger partial charge in [0.1, 0.15) is 5.75 Å². The average molecular weight is 297 g/mol. The third kappa shape index (κ3) is 2.87. The van der Waals surface area contributed by atoms with Crippen molar-refractivity contribution in [2.24, 2.45) is 11.7 Å². The molecular formula is C12H13BrN2O2. The van der Waals surface area contributed by atoms with Gasteiger partial charge in [0.25, 0.3) is 0 Å². The summed E-state index contributed by atoms with van der Waals surface area (Å²) < 4.78 is 0.796. The Bertz CT molecular complexity index is 474. The number of halogens is 1. The molecule has 5 heteroatoms. The van der Waals surface area contributed by atoms with Gasteiger partial charge in [-0.25, -0.2) is 0 Å². The molecule has 0 saturated heterocycles. The number of anilines is 1. The third-order valence-corrected chi connectivity index (χ3v) is 3.16. The number of aromatic hydroxyl groups is 1. The molecule has 1 aromatic carbocycles. The van der Waals surface area contributed by atoms with Gasteiger partial charge in [-0.1, -0.05) is 28.1 Å². The summed E-state index contributed by atoms with van der Waals surface area (Å²) in [5, 5.41) is 12.3. The molecule has 0 spiro atoms. The summed E-state index contributed by atoms with van der Waals surface area (Å²) in [6.07, 6.45) is 4.24. The largest absolute Gasteiger partial charge is 0.506 e. The minimum atomic E-state index is -0.219. The van der Waals surface area contributed by atoms with Gasteiger partial charge in [0.2, 0.25) is 5.91 Å². The van der Waals surface area contributed by atoms with E-state index in [1.807, 2.05) is 6.08 Å². The average Bonchev–Trinajstić information content (AvgIpc) is 2.70. The van der Waals surface area contributed by atoms with Gasteiger partial charge in [-0.05, 0) is 24.6 Å². The highest BCUT2D eigenvalue weighted by molar-refractivity contribution is 9.10. The van der Waals surface area contributed by atoms with Gasteiger partial charge in [0.05, 0.1) is 11.6 Å². The summed E-state index contributed by atoms with van der Waals surface area (Å²) in [6.45, 7) is 0. The van der Waals surface area contributed by atoms with E-state index in [4.69, 9.17) is 5.73 Å². The number of phenols is 1. The van der Waals surface area contributed by atoms with Crippen molar-refractivity contribution in [3.8, 4) is 5.75 Å². The van der Waals surface area contributed by atoms with Crippen LogP contribution in [0, 0.1) is 5.92 Å². The van der Waals surface area contributed by atoms with Crippen molar-refractivity contribution in [1.29, 1.82) is 0 Å². The highest BCUT2D eigenvalue weighted by Crippen LogP contribution is 2.28. The number of phenolic OH excluding ortho intramolecular Hbond substituents is 1. The molecule has 17 heavy (non-hydrogen) atoms. The fourth-order valence-corrected chi connectivity index (χ4v) is 2.12. The Balaban J connectivity index is 2.08. The maximum absolute atomic E-state index is 11.9. The van der Waals surface area contributed by atoms with Gasteiger partial charge in [0.15, 0.2) is 0 Å². The molecule has 0 saturated carbocycles. The first kappa shape index (κ1) is 12.1. The number of nitrogens with two attached hydrogens (primary N) is 1. The van der Waals surface area contributed by atoms with Gasteiger partial charge in [-0.15, -0.1) is 0 Å². The fraction of sp³-hybridized carbons (Fsp3) is 0.250. The van der Waals surface area contributed by atoms with Crippen LogP contribution in [0.5, 0.6) is 5.75 Å². The molecule has 0 aromatic heterocycles. The van der Waals surface area contributed by atoms with Gasteiger partial charge in [-0.3, -0.25) is 4.79 Å². The lowest BCUT2D eigenvalue weighted by Gasteiger charge is -2.11. The molecule has 2 atom stereocenters. The van der Waals surface area contributed by atoms with Crippen molar-refractivity contribution in [1.82, 2.24) is 0 Å². The minimum absolute atomic E-state index is 0.0489. The van der Waals surface area contributed by atoms with Crippen molar-refractivity contribution in [2.75, 3.05) is 5.32 Å². The summed E-state index contributed by atoms with van der Waals surface area (Å²) in [4.78, 5) is 11.9. The first-order valence-corrected chi connectivity index (χ1v) is 6.09. The second-order valence-electron chi connectivity index (χ2n) is 4.04. The van der Waals surface area contributed by atoms with E-state index in [2.05, 4.69) is 21.2 Å². The predicted octanol–water partition coefficient (Wildman–Crippen LogP) is 2.00. The minimum Gasteiger partial charge on any atom is -0.506 e. The van der Waals surface area contributed by atoms with Crippen LogP contribution in [0.4, 0.5) is 5.69 Å². The molecule has 1 aromatic rings. The van der Waals surface area contributed by atoms with E-state index in [-0.39, 0.29) is 23.6 Å². The molecule has 1 aliphatic carbocycles. The van der Waals surface area contributed by atoms with E-state index in [0.717, 1.165) is 4.47 Å². The van der Waals surface area contributed by atoms with Crippen LogP contribution in [0.2, 0.25) is 0 Å². The smallest absolute Gasteiger partial charge is 0.231 e.